The highest BCUT2D eigenvalue weighted by Gasteiger charge is 2.31. The van der Waals surface area contributed by atoms with Gasteiger partial charge in [0, 0.05) is 7.11 Å². The predicted octanol–water partition coefficient (Wildman–Crippen LogP) is 5.61. The topological polar surface area (TPSA) is 44.8 Å². The monoisotopic (exact) mass is 408 g/mol. The molecule has 0 radical (unpaired) electrons. The van der Waals surface area contributed by atoms with Crippen LogP contribution in [-0.4, -0.2) is 26.3 Å². The lowest BCUT2D eigenvalue weighted by Crippen LogP contribution is -2.10. The van der Waals surface area contributed by atoms with Crippen LogP contribution in [0.5, 0.6) is 11.5 Å². The molecule has 0 aliphatic rings. The van der Waals surface area contributed by atoms with Gasteiger partial charge in [0.1, 0.15) is 18.1 Å². The van der Waals surface area contributed by atoms with E-state index in [2.05, 4.69) is 0 Å². The van der Waals surface area contributed by atoms with Gasteiger partial charge in [0.15, 0.2) is 0 Å². The normalized spacial score (nSPS) is 11.3. The molecule has 2 rings (SSSR count). The Hall–Kier alpha value is -1.96. The molecule has 0 saturated heterocycles. The van der Waals surface area contributed by atoms with Crippen molar-refractivity contribution in [1.82, 2.24) is 0 Å². The van der Waals surface area contributed by atoms with Crippen LogP contribution in [0.2, 0.25) is 10.0 Å². The number of esters is 1. The van der Waals surface area contributed by atoms with Gasteiger partial charge in [-0.2, -0.15) is 13.2 Å². The van der Waals surface area contributed by atoms with Gasteiger partial charge in [0.05, 0.1) is 27.8 Å². The number of hydrogen-bond donors (Lipinski definition) is 0. The molecule has 140 valence electrons. The maximum atomic E-state index is 12.7. The lowest BCUT2D eigenvalue weighted by atomic mass is 10.2. The molecule has 0 N–H and O–H groups in total. The summed E-state index contributed by atoms with van der Waals surface area (Å²) >= 11 is 11.8. The van der Waals surface area contributed by atoms with Gasteiger partial charge < -0.3 is 14.2 Å². The van der Waals surface area contributed by atoms with Crippen molar-refractivity contribution in [3.8, 4) is 11.5 Å². The summed E-state index contributed by atoms with van der Waals surface area (Å²) < 4.78 is 53.2. The molecule has 0 saturated carbocycles. The number of ether oxygens (including phenoxy) is 3. The minimum absolute atomic E-state index is 0.000638. The summed E-state index contributed by atoms with van der Waals surface area (Å²) in [5, 5.41) is -0.0859. The van der Waals surface area contributed by atoms with Crippen LogP contribution in [0.4, 0.5) is 13.2 Å². The van der Waals surface area contributed by atoms with Crippen LogP contribution < -0.4 is 4.74 Å². The van der Waals surface area contributed by atoms with E-state index in [1.807, 2.05) is 0 Å². The summed E-state index contributed by atoms with van der Waals surface area (Å²) in [5.41, 5.74) is -0.850. The van der Waals surface area contributed by atoms with Gasteiger partial charge in [-0.3, -0.25) is 0 Å². The van der Waals surface area contributed by atoms with Gasteiger partial charge in [0.2, 0.25) is 0 Å². The number of halogens is 5. The average Bonchev–Trinajstić information content (AvgIpc) is 2.57. The number of rotatable bonds is 6. The lowest BCUT2D eigenvalue weighted by Gasteiger charge is -2.12. The Balaban J connectivity index is 2.20. The molecule has 26 heavy (non-hydrogen) atoms. The lowest BCUT2D eigenvalue weighted by molar-refractivity contribution is -0.137. The number of methoxy groups -OCH3 is 1. The zero-order chi connectivity index (χ0) is 19.3. The molecule has 0 aromatic heterocycles. The minimum atomic E-state index is -4.51. The first-order valence-corrected chi connectivity index (χ1v) is 7.98. The van der Waals surface area contributed by atoms with E-state index in [0.29, 0.717) is 0 Å². The van der Waals surface area contributed by atoms with Crippen LogP contribution in [0.1, 0.15) is 15.9 Å². The van der Waals surface area contributed by atoms with E-state index in [4.69, 9.17) is 37.4 Å². The van der Waals surface area contributed by atoms with Gasteiger partial charge in [-0.1, -0.05) is 23.2 Å². The maximum absolute atomic E-state index is 12.7. The van der Waals surface area contributed by atoms with Crippen molar-refractivity contribution in [1.29, 1.82) is 0 Å². The van der Waals surface area contributed by atoms with Gasteiger partial charge in [-0.05, 0) is 36.4 Å². The summed E-state index contributed by atoms with van der Waals surface area (Å²) in [6, 6.07) is 6.86. The van der Waals surface area contributed by atoms with Gasteiger partial charge in [-0.15, -0.1) is 0 Å². The fourth-order valence-electron chi connectivity index (χ4n) is 1.91. The number of carbonyl (C=O) groups excluding carboxylic acids is 1. The van der Waals surface area contributed by atoms with E-state index in [1.165, 1.54) is 25.3 Å². The molecule has 2 aromatic carbocycles. The third-order valence-corrected chi connectivity index (χ3v) is 3.79. The van der Waals surface area contributed by atoms with Crippen molar-refractivity contribution in [2.24, 2.45) is 0 Å². The molecule has 0 amide bonds. The molecule has 2 aromatic rings. The molecule has 4 nitrogen and oxygen atoms in total. The highest BCUT2D eigenvalue weighted by Crippen LogP contribution is 2.37. The molecule has 0 atom stereocenters. The smallest absolute Gasteiger partial charge is 0.416 e. The zero-order valence-corrected chi connectivity index (χ0v) is 14.9. The first kappa shape index (κ1) is 20.4. The summed E-state index contributed by atoms with van der Waals surface area (Å²) in [6.07, 6.45) is -4.51. The minimum Gasteiger partial charge on any atom is -0.460 e. The average molecular weight is 409 g/mol. The van der Waals surface area contributed by atoms with Crippen molar-refractivity contribution in [3.63, 3.8) is 0 Å². The van der Waals surface area contributed by atoms with E-state index < -0.39 is 17.7 Å². The van der Waals surface area contributed by atoms with E-state index in [1.54, 1.807) is 0 Å². The standard InChI is InChI=1S/C17H13Cl2F3O4/c1-24-6-7-25-16(23)12-9-11(3-4-13(12)18)26-15-5-2-10(8-14(15)19)17(20,21)22/h2-5,8-9H,6-7H2,1H3. The van der Waals surface area contributed by atoms with E-state index in [9.17, 15) is 18.0 Å². The Bertz CT molecular complexity index is 794. The molecular weight excluding hydrogens is 396 g/mol. The summed E-state index contributed by atoms with van der Waals surface area (Å²) in [6.45, 7) is 0.266. The number of alkyl halides is 3. The largest absolute Gasteiger partial charge is 0.460 e. The number of carbonyl (C=O) groups is 1. The first-order valence-electron chi connectivity index (χ1n) is 7.22. The molecule has 0 spiro atoms. The molecule has 0 fully saturated rings. The number of benzene rings is 2. The molecule has 0 aliphatic heterocycles. The first-order chi connectivity index (χ1) is 12.2. The van der Waals surface area contributed by atoms with Crippen LogP contribution in [0.15, 0.2) is 36.4 Å². The highest BCUT2D eigenvalue weighted by molar-refractivity contribution is 6.33. The van der Waals surface area contributed by atoms with Crippen molar-refractivity contribution in [2.75, 3.05) is 20.3 Å². The SMILES string of the molecule is COCCOC(=O)c1cc(Oc2ccc(C(F)(F)F)cc2Cl)ccc1Cl. The van der Waals surface area contributed by atoms with Gasteiger partial charge in [0.25, 0.3) is 0 Å². The van der Waals surface area contributed by atoms with E-state index in [0.717, 1.165) is 18.2 Å². The van der Waals surface area contributed by atoms with Gasteiger partial charge in [-0.25, -0.2) is 4.79 Å². The molecule has 9 heteroatoms. The van der Waals surface area contributed by atoms with Crippen LogP contribution in [0, 0.1) is 0 Å². The van der Waals surface area contributed by atoms with Crippen molar-refractivity contribution >= 4 is 29.2 Å². The van der Waals surface area contributed by atoms with Crippen molar-refractivity contribution in [2.45, 2.75) is 6.18 Å². The van der Waals surface area contributed by atoms with Crippen LogP contribution in [-0.2, 0) is 15.7 Å². The fourth-order valence-corrected chi connectivity index (χ4v) is 2.32. The number of hydrogen-bond acceptors (Lipinski definition) is 4. The van der Waals surface area contributed by atoms with Crippen molar-refractivity contribution < 1.29 is 32.2 Å². The van der Waals surface area contributed by atoms with Gasteiger partial charge >= 0.3 is 12.1 Å². The maximum Gasteiger partial charge on any atom is 0.416 e. The molecule has 0 aliphatic carbocycles. The Labute approximate surface area is 157 Å². The Kier molecular flexibility index (Phi) is 6.75. The van der Waals surface area contributed by atoms with Crippen LogP contribution in [0.3, 0.4) is 0 Å². The fraction of sp³-hybridized carbons (Fsp3) is 0.235. The Morgan fingerprint density at radius 3 is 2.38 bits per heavy atom. The van der Waals surface area contributed by atoms with Crippen LogP contribution >= 0.6 is 23.2 Å². The molecule has 0 unspecified atom stereocenters. The highest BCUT2D eigenvalue weighted by atomic mass is 35.5. The van der Waals surface area contributed by atoms with E-state index in [-0.39, 0.29) is 40.3 Å². The van der Waals surface area contributed by atoms with Crippen LogP contribution in [0.25, 0.3) is 0 Å². The third kappa shape index (κ3) is 5.27. The van der Waals surface area contributed by atoms with Crippen molar-refractivity contribution in [3.05, 3.63) is 57.6 Å². The Morgan fingerprint density at radius 1 is 1.04 bits per heavy atom. The second-order valence-electron chi connectivity index (χ2n) is 5.02. The summed E-state index contributed by atoms with van der Waals surface area (Å²) in [5.74, 6) is -0.522. The summed E-state index contributed by atoms with van der Waals surface area (Å²) in [4.78, 5) is 12.0. The quantitative estimate of drug-likeness (QED) is 0.460. The molecular formula is C17H13Cl2F3O4. The van der Waals surface area contributed by atoms with E-state index >= 15 is 0 Å². The molecule has 0 bridgehead atoms. The summed E-state index contributed by atoms with van der Waals surface area (Å²) in [7, 11) is 1.46. The predicted molar refractivity (Wildman–Crippen MR) is 90.1 cm³/mol. The zero-order valence-electron chi connectivity index (χ0n) is 13.4. The Morgan fingerprint density at radius 2 is 1.77 bits per heavy atom. The second kappa shape index (κ2) is 8.62. The third-order valence-electron chi connectivity index (χ3n) is 3.17. The molecule has 0 heterocycles. The second-order valence-corrected chi connectivity index (χ2v) is 5.83.